The molecule has 2 nitrogen and oxygen atoms in total. The van der Waals surface area contributed by atoms with E-state index in [1.54, 1.807) is 0 Å². The third-order valence-electron chi connectivity index (χ3n) is 1.79. The number of fused-ring (bicyclic) bond motifs is 1. The van der Waals surface area contributed by atoms with Gasteiger partial charge in [0.1, 0.15) is 0 Å². The highest BCUT2D eigenvalue weighted by atomic mass is 32.1. The molecule has 56 valence electrons. The summed E-state index contributed by atoms with van der Waals surface area (Å²) in [6.07, 6.45) is 8.21. The van der Waals surface area contributed by atoms with Crippen molar-refractivity contribution >= 4 is 18.3 Å². The normalized spacial score (nSPS) is 14.5. The lowest BCUT2D eigenvalue weighted by atomic mass is 10.1. The second-order valence-corrected chi connectivity index (χ2v) is 2.95. The zero-order chi connectivity index (χ0) is 7.68. The zero-order valence-corrected chi connectivity index (χ0v) is 6.82. The van der Waals surface area contributed by atoms with E-state index in [0.717, 1.165) is 12.8 Å². The second-order valence-electron chi connectivity index (χ2n) is 2.56. The number of aromatic amines is 1. The van der Waals surface area contributed by atoms with Gasteiger partial charge in [-0.05, 0) is 25.1 Å². The van der Waals surface area contributed by atoms with Crippen molar-refractivity contribution < 1.29 is 0 Å². The van der Waals surface area contributed by atoms with Gasteiger partial charge < -0.3 is 4.98 Å². The maximum absolute atomic E-state index is 4.91. The van der Waals surface area contributed by atoms with E-state index in [2.05, 4.69) is 22.1 Å². The first-order valence-electron chi connectivity index (χ1n) is 3.61. The monoisotopic (exact) mass is 164 g/mol. The van der Waals surface area contributed by atoms with Crippen molar-refractivity contribution in [1.82, 2.24) is 9.97 Å². The molecule has 0 amide bonds. The van der Waals surface area contributed by atoms with Crippen LogP contribution < -0.4 is 0 Å². The van der Waals surface area contributed by atoms with Gasteiger partial charge >= 0.3 is 0 Å². The lowest BCUT2D eigenvalue weighted by Gasteiger charge is -2.07. The molecule has 0 spiro atoms. The fourth-order valence-corrected chi connectivity index (χ4v) is 1.40. The van der Waals surface area contributed by atoms with Crippen LogP contribution in [0.25, 0.3) is 6.08 Å². The molecular weight excluding hydrogens is 156 g/mol. The molecule has 1 aromatic rings. The lowest BCUT2D eigenvalue weighted by molar-refractivity contribution is 0.900. The van der Waals surface area contributed by atoms with Gasteiger partial charge in [0.15, 0.2) is 4.77 Å². The van der Waals surface area contributed by atoms with Gasteiger partial charge in [-0.15, -0.1) is 0 Å². The maximum atomic E-state index is 4.91. The minimum Gasteiger partial charge on any atom is -0.334 e. The van der Waals surface area contributed by atoms with E-state index in [1.165, 1.54) is 11.3 Å². The first kappa shape index (κ1) is 6.73. The summed E-state index contributed by atoms with van der Waals surface area (Å²) < 4.78 is 0.582. The zero-order valence-electron chi connectivity index (χ0n) is 6.00. The molecule has 0 bridgehead atoms. The van der Waals surface area contributed by atoms with Crippen LogP contribution in [0.15, 0.2) is 12.3 Å². The smallest absolute Gasteiger partial charge is 0.196 e. The average molecular weight is 164 g/mol. The largest absolute Gasteiger partial charge is 0.334 e. The number of hydrogen-bond acceptors (Lipinski definition) is 2. The molecule has 1 aromatic heterocycles. The van der Waals surface area contributed by atoms with E-state index in [1.807, 2.05) is 6.20 Å². The number of allylic oxidation sites excluding steroid dienone is 1. The maximum Gasteiger partial charge on any atom is 0.196 e. The van der Waals surface area contributed by atoms with Crippen LogP contribution in [0.5, 0.6) is 0 Å². The Kier molecular flexibility index (Phi) is 1.58. The number of aromatic nitrogens is 2. The van der Waals surface area contributed by atoms with E-state index >= 15 is 0 Å². The van der Waals surface area contributed by atoms with Crippen molar-refractivity contribution in [2.24, 2.45) is 0 Å². The van der Waals surface area contributed by atoms with Crippen LogP contribution in [0.3, 0.4) is 0 Å². The van der Waals surface area contributed by atoms with Gasteiger partial charge in [-0.1, -0.05) is 12.2 Å². The van der Waals surface area contributed by atoms with E-state index in [9.17, 15) is 0 Å². The molecule has 0 radical (unpaired) electrons. The van der Waals surface area contributed by atoms with Crippen molar-refractivity contribution in [2.75, 3.05) is 0 Å². The average Bonchev–Trinajstić information content (AvgIpc) is 2.04. The molecule has 0 saturated carbocycles. The number of H-pyrrole nitrogens is 1. The Bertz CT molecular complexity index is 351. The number of rotatable bonds is 0. The van der Waals surface area contributed by atoms with Crippen LogP contribution in [0.2, 0.25) is 0 Å². The summed E-state index contributed by atoms with van der Waals surface area (Å²) in [5, 5.41) is 0. The van der Waals surface area contributed by atoms with Crippen LogP contribution in [0.4, 0.5) is 0 Å². The van der Waals surface area contributed by atoms with E-state index in [4.69, 9.17) is 12.2 Å². The van der Waals surface area contributed by atoms with Gasteiger partial charge in [-0.3, -0.25) is 0 Å². The molecule has 0 atom stereocenters. The molecule has 0 fully saturated rings. The summed E-state index contributed by atoms with van der Waals surface area (Å²) in [7, 11) is 0. The molecule has 1 aliphatic rings. The Labute approximate surface area is 70.0 Å². The molecule has 2 rings (SSSR count). The minimum absolute atomic E-state index is 0.582. The summed E-state index contributed by atoms with van der Waals surface area (Å²) in [5.74, 6) is 0. The molecule has 0 aliphatic heterocycles. The highest BCUT2D eigenvalue weighted by Crippen LogP contribution is 2.14. The standard InChI is InChI=1S/C8H8N2S/c11-8-9-5-6-3-1-2-4-7(6)10-8/h1,3,5H,2,4H2,(H,9,10,11). The molecule has 0 unspecified atom stereocenters. The summed E-state index contributed by atoms with van der Waals surface area (Å²) in [6, 6.07) is 0. The predicted octanol–water partition coefficient (Wildman–Crippen LogP) is 2.10. The van der Waals surface area contributed by atoms with Gasteiger partial charge in [0.25, 0.3) is 0 Å². The number of nitrogens with zero attached hydrogens (tertiary/aromatic N) is 1. The van der Waals surface area contributed by atoms with E-state index in [-0.39, 0.29) is 0 Å². The Morgan fingerprint density at radius 2 is 2.45 bits per heavy atom. The molecule has 1 N–H and O–H groups in total. The van der Waals surface area contributed by atoms with Crippen molar-refractivity contribution in [1.29, 1.82) is 0 Å². The summed E-state index contributed by atoms with van der Waals surface area (Å²) in [6.45, 7) is 0. The number of hydrogen-bond donors (Lipinski definition) is 1. The van der Waals surface area contributed by atoms with Crippen molar-refractivity contribution in [3.8, 4) is 0 Å². The van der Waals surface area contributed by atoms with Gasteiger partial charge in [-0.2, -0.15) is 0 Å². The van der Waals surface area contributed by atoms with Gasteiger partial charge in [-0.25, -0.2) is 4.98 Å². The molecule has 11 heavy (non-hydrogen) atoms. The first-order valence-corrected chi connectivity index (χ1v) is 4.02. The van der Waals surface area contributed by atoms with E-state index in [0.29, 0.717) is 4.77 Å². The highest BCUT2D eigenvalue weighted by Gasteiger charge is 2.02. The highest BCUT2D eigenvalue weighted by molar-refractivity contribution is 7.71. The molecule has 0 aromatic carbocycles. The summed E-state index contributed by atoms with van der Waals surface area (Å²) in [5.41, 5.74) is 2.39. The lowest BCUT2D eigenvalue weighted by Crippen LogP contribution is -1.98. The minimum atomic E-state index is 0.582. The quantitative estimate of drug-likeness (QED) is 0.595. The van der Waals surface area contributed by atoms with Crippen LogP contribution >= 0.6 is 12.2 Å². The van der Waals surface area contributed by atoms with Crippen molar-refractivity contribution in [3.63, 3.8) is 0 Å². The fraction of sp³-hybridized carbons (Fsp3) is 0.250. The molecule has 1 aliphatic carbocycles. The summed E-state index contributed by atoms with van der Waals surface area (Å²) >= 11 is 4.91. The molecular formula is C8H8N2S. The topological polar surface area (TPSA) is 28.7 Å². The van der Waals surface area contributed by atoms with Crippen LogP contribution in [-0.4, -0.2) is 9.97 Å². The Morgan fingerprint density at radius 1 is 1.55 bits per heavy atom. The molecule has 0 saturated heterocycles. The Hall–Kier alpha value is -0.960. The first-order chi connectivity index (χ1) is 5.36. The number of nitrogens with one attached hydrogen (secondary N) is 1. The van der Waals surface area contributed by atoms with Gasteiger partial charge in [0.05, 0.1) is 0 Å². The van der Waals surface area contributed by atoms with E-state index < -0.39 is 0 Å². The summed E-state index contributed by atoms with van der Waals surface area (Å²) in [4.78, 5) is 7.08. The fourth-order valence-electron chi connectivity index (χ4n) is 1.23. The van der Waals surface area contributed by atoms with Gasteiger partial charge in [0.2, 0.25) is 0 Å². The van der Waals surface area contributed by atoms with Crippen molar-refractivity contribution in [2.45, 2.75) is 12.8 Å². The Balaban J connectivity index is 2.62. The molecule has 1 heterocycles. The predicted molar refractivity (Wildman–Crippen MR) is 46.8 cm³/mol. The third-order valence-corrected chi connectivity index (χ3v) is 1.99. The third kappa shape index (κ3) is 1.24. The van der Waals surface area contributed by atoms with Crippen molar-refractivity contribution in [3.05, 3.63) is 28.3 Å². The van der Waals surface area contributed by atoms with Crippen LogP contribution in [0.1, 0.15) is 17.7 Å². The SMILES string of the molecule is S=c1ncc2c([nH]1)CCC=C2. The molecule has 3 heteroatoms. The number of aryl methyl sites for hydroxylation is 1. The van der Waals surface area contributed by atoms with Crippen LogP contribution in [-0.2, 0) is 6.42 Å². The van der Waals surface area contributed by atoms with Gasteiger partial charge in [0, 0.05) is 17.5 Å². The Morgan fingerprint density at radius 3 is 3.36 bits per heavy atom. The van der Waals surface area contributed by atoms with Crippen LogP contribution in [0, 0.1) is 4.77 Å². The second kappa shape index (κ2) is 2.58.